The molecule has 1 nitrogen and oxygen atoms in total. The lowest BCUT2D eigenvalue weighted by Gasteiger charge is -2.34. The second-order valence-electron chi connectivity index (χ2n) is 13.0. The van der Waals surface area contributed by atoms with Crippen molar-refractivity contribution >= 4 is 0 Å². The average Bonchev–Trinajstić information content (AvgIpc) is 3.21. The van der Waals surface area contributed by atoms with Crippen LogP contribution in [0.5, 0.6) is 0 Å². The smallest absolute Gasteiger partial charge is 0.0545 e. The standard InChI is InChI=1S/C9H18.C8H16.C7H14O.C7H14/c1-8(2)9-6-4-3-5-7-9;1-7(2)8-5-3-4-6-8;1-5(2)6-3-7(8)4-6;1-6(2)7-4-3-5-7/h8-9H,3-7H2,1-2H3;7-8H,3-6H2,1-2H3;5-8H,3-4H2,1-2H3;6-7H,3-5H2,1-2H3. The van der Waals surface area contributed by atoms with Gasteiger partial charge in [-0.25, -0.2) is 0 Å². The zero-order chi connectivity index (χ0) is 24.1. The van der Waals surface area contributed by atoms with Crippen molar-refractivity contribution in [1.29, 1.82) is 0 Å². The van der Waals surface area contributed by atoms with Crippen LogP contribution in [0.25, 0.3) is 0 Å². The third-order valence-electron chi connectivity index (χ3n) is 9.12. The van der Waals surface area contributed by atoms with Crippen LogP contribution in [-0.4, -0.2) is 11.2 Å². The first kappa shape index (κ1) is 30.0. The Morgan fingerprint density at radius 2 is 0.688 bits per heavy atom. The first-order valence-corrected chi connectivity index (χ1v) is 14.8. The fourth-order valence-electron chi connectivity index (χ4n) is 5.71. The maximum absolute atomic E-state index is 8.87. The largest absolute Gasteiger partial charge is 0.393 e. The lowest BCUT2D eigenvalue weighted by atomic mass is 9.75. The Balaban J connectivity index is 0.000000214. The van der Waals surface area contributed by atoms with Gasteiger partial charge in [-0.15, -0.1) is 0 Å². The van der Waals surface area contributed by atoms with E-state index >= 15 is 0 Å². The summed E-state index contributed by atoms with van der Waals surface area (Å²) in [6.07, 6.45) is 20.0. The molecule has 0 spiro atoms. The Morgan fingerprint density at radius 3 is 0.844 bits per heavy atom. The third-order valence-corrected chi connectivity index (χ3v) is 9.12. The Bertz CT molecular complexity index is 416. The molecule has 0 aromatic rings. The molecule has 0 saturated heterocycles. The fraction of sp³-hybridized carbons (Fsp3) is 1.00. The van der Waals surface area contributed by atoms with Crippen LogP contribution in [0.1, 0.15) is 145 Å². The summed E-state index contributed by atoms with van der Waals surface area (Å²) < 4.78 is 0. The van der Waals surface area contributed by atoms with Crippen LogP contribution < -0.4 is 0 Å². The van der Waals surface area contributed by atoms with Crippen LogP contribution in [-0.2, 0) is 0 Å². The van der Waals surface area contributed by atoms with E-state index < -0.39 is 0 Å². The number of hydrogen-bond acceptors (Lipinski definition) is 1. The fourth-order valence-corrected chi connectivity index (χ4v) is 5.71. The first-order valence-electron chi connectivity index (χ1n) is 14.8. The SMILES string of the molecule is CC(C)C1CC(O)C1.CC(C)C1CCC1.CC(C)C1CCCC1.CC(C)C1CCCCC1. The van der Waals surface area contributed by atoms with E-state index in [0.717, 1.165) is 60.2 Å². The molecule has 0 aromatic heterocycles. The predicted octanol–water partition coefficient (Wildman–Crippen LogP) is 9.91. The molecule has 0 aromatic carbocycles. The Morgan fingerprint density at radius 1 is 0.406 bits per heavy atom. The molecule has 4 fully saturated rings. The molecule has 0 radical (unpaired) electrons. The Hall–Kier alpha value is -0.0400. The van der Waals surface area contributed by atoms with Crippen molar-refractivity contribution in [3.05, 3.63) is 0 Å². The molecule has 4 rings (SSSR count). The van der Waals surface area contributed by atoms with Crippen molar-refractivity contribution < 1.29 is 5.11 Å². The van der Waals surface area contributed by atoms with Gasteiger partial charge in [0.1, 0.15) is 0 Å². The molecule has 0 bridgehead atoms. The molecule has 4 aliphatic carbocycles. The Labute approximate surface area is 203 Å². The number of aliphatic hydroxyl groups excluding tert-OH is 1. The van der Waals surface area contributed by atoms with Crippen molar-refractivity contribution in [2.24, 2.45) is 47.3 Å². The first-order chi connectivity index (χ1) is 15.1. The highest BCUT2D eigenvalue weighted by atomic mass is 16.3. The van der Waals surface area contributed by atoms with Gasteiger partial charge in [0.05, 0.1) is 6.10 Å². The highest BCUT2D eigenvalue weighted by Crippen LogP contribution is 2.33. The van der Waals surface area contributed by atoms with Gasteiger partial charge in [-0.3, -0.25) is 0 Å². The van der Waals surface area contributed by atoms with Crippen molar-refractivity contribution in [2.75, 3.05) is 0 Å². The van der Waals surface area contributed by atoms with Gasteiger partial charge in [0, 0.05) is 0 Å². The monoisotopic (exact) mass is 450 g/mol. The van der Waals surface area contributed by atoms with E-state index in [-0.39, 0.29) is 6.10 Å². The number of aliphatic hydroxyl groups is 1. The molecule has 32 heavy (non-hydrogen) atoms. The van der Waals surface area contributed by atoms with Crippen LogP contribution in [0.3, 0.4) is 0 Å². The molecule has 0 amide bonds. The maximum atomic E-state index is 8.87. The summed E-state index contributed by atoms with van der Waals surface area (Å²) in [6.45, 7) is 18.5. The van der Waals surface area contributed by atoms with Gasteiger partial charge in [-0.1, -0.05) is 132 Å². The Kier molecular flexibility index (Phi) is 15.5. The average molecular weight is 451 g/mol. The molecule has 0 aliphatic heterocycles. The van der Waals surface area contributed by atoms with Gasteiger partial charge < -0.3 is 5.11 Å². The maximum Gasteiger partial charge on any atom is 0.0545 e. The molecular formula is C31H62O. The molecule has 192 valence electrons. The summed E-state index contributed by atoms with van der Waals surface area (Å²) in [5.41, 5.74) is 0. The van der Waals surface area contributed by atoms with E-state index in [4.69, 9.17) is 5.11 Å². The minimum Gasteiger partial charge on any atom is -0.393 e. The summed E-state index contributed by atoms with van der Waals surface area (Å²) in [5.74, 6) is 7.62. The van der Waals surface area contributed by atoms with E-state index in [1.165, 1.54) is 77.0 Å². The lowest BCUT2D eigenvalue weighted by Crippen LogP contribution is -2.31. The van der Waals surface area contributed by atoms with Crippen molar-refractivity contribution in [3.8, 4) is 0 Å². The van der Waals surface area contributed by atoms with E-state index in [2.05, 4.69) is 55.4 Å². The van der Waals surface area contributed by atoms with E-state index in [9.17, 15) is 0 Å². The molecule has 4 saturated carbocycles. The number of hydrogen-bond donors (Lipinski definition) is 1. The minimum absolute atomic E-state index is 0.0300. The normalized spacial score (nSPS) is 26.5. The van der Waals surface area contributed by atoms with Gasteiger partial charge >= 0.3 is 0 Å². The molecule has 0 heterocycles. The minimum atomic E-state index is 0.0300. The third kappa shape index (κ3) is 12.4. The summed E-state index contributed by atoms with van der Waals surface area (Å²) in [5, 5.41) is 8.87. The van der Waals surface area contributed by atoms with Gasteiger partial charge in [0.2, 0.25) is 0 Å². The quantitative estimate of drug-likeness (QED) is 0.451. The molecule has 4 aliphatic rings. The summed E-state index contributed by atoms with van der Waals surface area (Å²) >= 11 is 0. The molecule has 1 heteroatoms. The second kappa shape index (κ2) is 16.6. The van der Waals surface area contributed by atoms with Crippen LogP contribution in [0.15, 0.2) is 0 Å². The van der Waals surface area contributed by atoms with Crippen LogP contribution in [0.2, 0.25) is 0 Å². The lowest BCUT2D eigenvalue weighted by molar-refractivity contribution is 0.0218. The highest BCUT2D eigenvalue weighted by Gasteiger charge is 2.29. The summed E-state index contributed by atoms with van der Waals surface area (Å²) in [4.78, 5) is 0. The zero-order valence-corrected chi connectivity index (χ0v) is 23.5. The van der Waals surface area contributed by atoms with E-state index in [0.29, 0.717) is 0 Å². The summed E-state index contributed by atoms with van der Waals surface area (Å²) in [6, 6.07) is 0. The van der Waals surface area contributed by atoms with Crippen LogP contribution >= 0.6 is 0 Å². The molecule has 0 atom stereocenters. The number of rotatable bonds is 4. The highest BCUT2D eigenvalue weighted by molar-refractivity contribution is 4.80. The van der Waals surface area contributed by atoms with Crippen molar-refractivity contribution in [3.63, 3.8) is 0 Å². The van der Waals surface area contributed by atoms with E-state index in [1.54, 1.807) is 0 Å². The van der Waals surface area contributed by atoms with Gasteiger partial charge in [-0.05, 0) is 60.2 Å². The predicted molar refractivity (Wildman–Crippen MR) is 144 cm³/mol. The van der Waals surface area contributed by atoms with Gasteiger partial charge in [0.15, 0.2) is 0 Å². The zero-order valence-electron chi connectivity index (χ0n) is 23.5. The molecular weight excluding hydrogens is 388 g/mol. The topological polar surface area (TPSA) is 20.2 Å². The van der Waals surface area contributed by atoms with Gasteiger partial charge in [0.25, 0.3) is 0 Å². The van der Waals surface area contributed by atoms with Crippen LogP contribution in [0.4, 0.5) is 0 Å². The second-order valence-corrected chi connectivity index (χ2v) is 13.0. The summed E-state index contributed by atoms with van der Waals surface area (Å²) in [7, 11) is 0. The van der Waals surface area contributed by atoms with E-state index in [1.807, 2.05) is 0 Å². The molecule has 1 N–H and O–H groups in total. The van der Waals surface area contributed by atoms with Crippen molar-refractivity contribution in [1.82, 2.24) is 0 Å². The van der Waals surface area contributed by atoms with Gasteiger partial charge in [-0.2, -0.15) is 0 Å². The van der Waals surface area contributed by atoms with Crippen molar-refractivity contribution in [2.45, 2.75) is 151 Å². The van der Waals surface area contributed by atoms with Crippen LogP contribution in [0, 0.1) is 47.3 Å². The molecule has 0 unspecified atom stereocenters.